The van der Waals surface area contributed by atoms with E-state index >= 15 is 0 Å². The smallest absolute Gasteiger partial charge is 0.414 e. The van der Waals surface area contributed by atoms with E-state index in [1.807, 2.05) is 36.8 Å². The van der Waals surface area contributed by atoms with E-state index in [0.29, 0.717) is 6.61 Å². The molecule has 2 N–H and O–H groups in total. The van der Waals surface area contributed by atoms with Gasteiger partial charge in [0.1, 0.15) is 5.75 Å². The van der Waals surface area contributed by atoms with Gasteiger partial charge in [0.2, 0.25) is 0 Å². The normalized spacial score (nSPS) is 9.73. The molecule has 0 aliphatic heterocycles. The lowest BCUT2D eigenvalue weighted by Crippen LogP contribution is -2.09. The molecule has 0 fully saturated rings. The predicted molar refractivity (Wildman–Crippen MR) is 97.6 cm³/mol. The Kier molecular flexibility index (Phi) is 9.56. The molecule has 1 aromatic heterocycles. The van der Waals surface area contributed by atoms with Gasteiger partial charge in [-0.15, -0.1) is 6.58 Å². The van der Waals surface area contributed by atoms with Crippen molar-refractivity contribution in [2.75, 3.05) is 6.61 Å². The Morgan fingerprint density at radius 2 is 2.00 bits per heavy atom. The Labute approximate surface area is 156 Å². The van der Waals surface area contributed by atoms with Crippen molar-refractivity contribution in [3.8, 4) is 5.75 Å². The Bertz CT molecular complexity index is 704. The number of hydrogen-bond donors (Lipinski definition) is 2. The highest BCUT2D eigenvalue weighted by Gasteiger charge is 2.04. The number of carbonyl (C=O) groups is 2. The number of rotatable bonds is 8. The fourth-order valence-electron chi connectivity index (χ4n) is 2.00. The number of unbranched alkanes of at least 4 members (excludes halogenated alkanes) is 1. The molecule has 7 nitrogen and oxygen atoms in total. The standard InChI is InChI=1S/C16H19ClN2O.C2H2O4/c1-2-5-14-12-15(17)6-7-16(14)20-11-4-3-9-19-10-8-18-13-19;3-1(4)2(5)6/h2,6-8,10,12-13H,1,3-5,9,11H2;(H,3,4)(H,5,6). The third-order valence-corrected chi connectivity index (χ3v) is 3.43. The number of nitrogens with zero attached hydrogens (tertiary/aromatic N) is 2. The highest BCUT2D eigenvalue weighted by Crippen LogP contribution is 2.23. The number of ether oxygens (including phenoxy) is 1. The van der Waals surface area contributed by atoms with Gasteiger partial charge in [-0.05, 0) is 43.0 Å². The van der Waals surface area contributed by atoms with Crippen LogP contribution in [0.3, 0.4) is 0 Å². The summed E-state index contributed by atoms with van der Waals surface area (Å²) in [6.45, 7) is 5.44. The topological polar surface area (TPSA) is 102 Å². The van der Waals surface area contributed by atoms with Crippen LogP contribution < -0.4 is 4.74 Å². The number of imidazole rings is 1. The second-order valence-electron chi connectivity index (χ2n) is 5.21. The molecular formula is C18H21ClN2O5. The third kappa shape index (κ3) is 8.34. The molecule has 8 heteroatoms. The molecule has 0 aliphatic carbocycles. The molecule has 2 aromatic rings. The Morgan fingerprint density at radius 1 is 1.27 bits per heavy atom. The molecule has 0 bridgehead atoms. The van der Waals surface area contributed by atoms with Crippen molar-refractivity contribution < 1.29 is 24.5 Å². The SMILES string of the molecule is C=CCc1cc(Cl)ccc1OCCCCn1ccnc1.O=C(O)C(=O)O. The zero-order valence-electron chi connectivity index (χ0n) is 14.2. The van der Waals surface area contributed by atoms with Gasteiger partial charge in [0, 0.05) is 24.0 Å². The summed E-state index contributed by atoms with van der Waals surface area (Å²) < 4.78 is 7.91. The molecule has 0 saturated carbocycles. The van der Waals surface area contributed by atoms with Crippen molar-refractivity contribution in [3.05, 3.63) is 60.2 Å². The van der Waals surface area contributed by atoms with E-state index in [2.05, 4.69) is 16.1 Å². The third-order valence-electron chi connectivity index (χ3n) is 3.20. The molecule has 1 heterocycles. The van der Waals surface area contributed by atoms with Gasteiger partial charge in [-0.25, -0.2) is 14.6 Å². The summed E-state index contributed by atoms with van der Waals surface area (Å²) in [5.41, 5.74) is 1.09. The number of carboxylic acid groups (broad SMARTS) is 2. The van der Waals surface area contributed by atoms with Crippen LogP contribution in [0.1, 0.15) is 18.4 Å². The van der Waals surface area contributed by atoms with Gasteiger partial charge >= 0.3 is 11.9 Å². The van der Waals surface area contributed by atoms with Gasteiger partial charge in [0.25, 0.3) is 0 Å². The maximum absolute atomic E-state index is 9.10. The lowest BCUT2D eigenvalue weighted by atomic mass is 10.1. The molecule has 0 saturated heterocycles. The minimum atomic E-state index is -1.82. The van der Waals surface area contributed by atoms with Crippen LogP contribution in [0.15, 0.2) is 49.6 Å². The van der Waals surface area contributed by atoms with E-state index in [1.165, 1.54) is 0 Å². The summed E-state index contributed by atoms with van der Waals surface area (Å²) in [5.74, 6) is -2.75. The minimum Gasteiger partial charge on any atom is -0.493 e. The molecule has 0 aliphatic rings. The average molecular weight is 381 g/mol. The van der Waals surface area contributed by atoms with Gasteiger partial charge in [-0.1, -0.05) is 17.7 Å². The minimum absolute atomic E-state index is 0.709. The van der Waals surface area contributed by atoms with Crippen LogP contribution in [0.5, 0.6) is 5.75 Å². The van der Waals surface area contributed by atoms with Gasteiger partial charge < -0.3 is 19.5 Å². The summed E-state index contributed by atoms with van der Waals surface area (Å²) in [7, 11) is 0. The molecular weight excluding hydrogens is 360 g/mol. The number of aliphatic carboxylic acids is 2. The van der Waals surface area contributed by atoms with E-state index in [0.717, 1.165) is 42.1 Å². The first-order valence-corrected chi connectivity index (χ1v) is 8.26. The van der Waals surface area contributed by atoms with E-state index in [-0.39, 0.29) is 0 Å². The van der Waals surface area contributed by atoms with Crippen molar-refractivity contribution in [2.45, 2.75) is 25.8 Å². The summed E-state index contributed by atoms with van der Waals surface area (Å²) >= 11 is 5.99. The van der Waals surface area contributed by atoms with Crippen LogP contribution in [-0.4, -0.2) is 38.3 Å². The number of allylic oxidation sites excluding steroid dienone is 1. The number of halogens is 1. The molecule has 0 unspecified atom stereocenters. The fourth-order valence-corrected chi connectivity index (χ4v) is 2.20. The largest absolute Gasteiger partial charge is 0.493 e. The number of hydrogen-bond acceptors (Lipinski definition) is 4. The second kappa shape index (κ2) is 11.7. The first kappa shape index (κ1) is 21.2. The second-order valence-corrected chi connectivity index (χ2v) is 5.65. The molecule has 2 rings (SSSR count). The highest BCUT2D eigenvalue weighted by molar-refractivity contribution is 6.30. The van der Waals surface area contributed by atoms with Crippen molar-refractivity contribution in [2.24, 2.45) is 0 Å². The summed E-state index contributed by atoms with van der Waals surface area (Å²) in [5, 5.41) is 15.5. The number of benzene rings is 1. The van der Waals surface area contributed by atoms with Gasteiger partial charge in [0.05, 0.1) is 12.9 Å². The van der Waals surface area contributed by atoms with Crippen molar-refractivity contribution >= 4 is 23.5 Å². The molecule has 0 radical (unpaired) electrons. The maximum atomic E-state index is 9.10. The van der Waals surface area contributed by atoms with Crippen LogP contribution in [0.4, 0.5) is 0 Å². The molecule has 26 heavy (non-hydrogen) atoms. The van der Waals surface area contributed by atoms with Crippen LogP contribution in [0.2, 0.25) is 5.02 Å². The van der Waals surface area contributed by atoms with E-state index in [1.54, 1.807) is 6.20 Å². The fraction of sp³-hybridized carbons (Fsp3) is 0.278. The predicted octanol–water partition coefficient (Wildman–Crippen LogP) is 3.28. The molecule has 0 spiro atoms. The van der Waals surface area contributed by atoms with Gasteiger partial charge in [-0.2, -0.15) is 0 Å². The molecule has 0 atom stereocenters. The highest BCUT2D eigenvalue weighted by atomic mass is 35.5. The van der Waals surface area contributed by atoms with Crippen molar-refractivity contribution in [3.63, 3.8) is 0 Å². The van der Waals surface area contributed by atoms with Gasteiger partial charge in [0.15, 0.2) is 0 Å². The lowest BCUT2D eigenvalue weighted by Gasteiger charge is -2.11. The zero-order valence-corrected chi connectivity index (χ0v) is 14.9. The lowest BCUT2D eigenvalue weighted by molar-refractivity contribution is -0.159. The Morgan fingerprint density at radius 3 is 2.58 bits per heavy atom. The number of aromatic nitrogens is 2. The maximum Gasteiger partial charge on any atom is 0.414 e. The quantitative estimate of drug-likeness (QED) is 0.414. The Hall–Kier alpha value is -2.80. The monoisotopic (exact) mass is 380 g/mol. The van der Waals surface area contributed by atoms with E-state index < -0.39 is 11.9 Å². The van der Waals surface area contributed by atoms with Crippen molar-refractivity contribution in [1.29, 1.82) is 0 Å². The van der Waals surface area contributed by atoms with Crippen LogP contribution in [0.25, 0.3) is 0 Å². The molecule has 140 valence electrons. The number of aryl methyl sites for hydroxylation is 1. The summed E-state index contributed by atoms with van der Waals surface area (Å²) in [4.78, 5) is 22.2. The van der Waals surface area contributed by atoms with E-state index in [4.69, 9.17) is 36.1 Å². The molecule has 1 aromatic carbocycles. The number of carboxylic acids is 2. The van der Waals surface area contributed by atoms with Crippen LogP contribution in [-0.2, 0) is 22.6 Å². The van der Waals surface area contributed by atoms with Gasteiger partial charge in [-0.3, -0.25) is 0 Å². The first-order chi connectivity index (χ1) is 12.4. The van der Waals surface area contributed by atoms with E-state index in [9.17, 15) is 0 Å². The summed E-state index contributed by atoms with van der Waals surface area (Å²) in [6, 6.07) is 5.72. The molecule has 0 amide bonds. The summed E-state index contributed by atoms with van der Waals surface area (Å²) in [6.07, 6.45) is 10.3. The zero-order chi connectivity index (χ0) is 19.4. The Balaban J connectivity index is 0.000000487. The first-order valence-electron chi connectivity index (χ1n) is 7.88. The average Bonchev–Trinajstić information content (AvgIpc) is 3.10. The van der Waals surface area contributed by atoms with Crippen molar-refractivity contribution in [1.82, 2.24) is 9.55 Å². The van der Waals surface area contributed by atoms with Crippen LogP contribution in [0, 0.1) is 0 Å². The van der Waals surface area contributed by atoms with Crippen LogP contribution >= 0.6 is 11.6 Å².